The van der Waals surface area contributed by atoms with Crippen molar-refractivity contribution < 1.29 is 8.42 Å². The first-order valence-corrected chi connectivity index (χ1v) is 7.79. The third kappa shape index (κ3) is 2.97. The predicted octanol–water partition coefficient (Wildman–Crippen LogP) is 0.0678. The third-order valence-electron chi connectivity index (χ3n) is 2.49. The molecule has 104 valence electrons. The monoisotopic (exact) mass is 302 g/mol. The maximum atomic E-state index is 12.3. The molecule has 0 aliphatic carbocycles. The maximum Gasteiger partial charge on any atom is 0.242 e. The van der Waals surface area contributed by atoms with Gasteiger partial charge in [0.25, 0.3) is 0 Å². The summed E-state index contributed by atoms with van der Waals surface area (Å²) < 4.78 is 27.0. The van der Waals surface area contributed by atoms with Crippen LogP contribution in [0, 0.1) is 6.92 Å². The Morgan fingerprint density at radius 3 is 2.84 bits per heavy atom. The fraction of sp³-hybridized carbons (Fsp3) is 0.444. The zero-order chi connectivity index (χ0) is 14.0. The summed E-state index contributed by atoms with van der Waals surface area (Å²) >= 11 is 1.37. The Labute approximate surface area is 114 Å². The lowest BCUT2D eigenvalue weighted by molar-refractivity contribution is 0.560. The van der Waals surface area contributed by atoms with Crippen LogP contribution in [0.25, 0.3) is 0 Å². The van der Waals surface area contributed by atoms with E-state index in [0.29, 0.717) is 11.4 Å². The van der Waals surface area contributed by atoms with Crippen LogP contribution in [-0.2, 0) is 16.6 Å². The van der Waals surface area contributed by atoms with Gasteiger partial charge >= 0.3 is 0 Å². The van der Waals surface area contributed by atoms with Crippen molar-refractivity contribution in [2.75, 3.05) is 0 Å². The maximum absolute atomic E-state index is 12.3. The number of aromatic amines is 1. The van der Waals surface area contributed by atoms with Crippen molar-refractivity contribution in [2.45, 2.75) is 31.3 Å². The summed E-state index contributed by atoms with van der Waals surface area (Å²) in [6, 6.07) is 1.02. The summed E-state index contributed by atoms with van der Waals surface area (Å²) in [5, 5.41) is 13.2. The van der Waals surface area contributed by atoms with Gasteiger partial charge in [-0.1, -0.05) is 5.21 Å². The summed E-state index contributed by atoms with van der Waals surface area (Å²) in [7, 11) is -3.62. The lowest BCUT2D eigenvalue weighted by Gasteiger charge is -2.10. The van der Waals surface area contributed by atoms with Gasteiger partial charge in [-0.15, -0.1) is 21.5 Å². The van der Waals surface area contributed by atoms with Crippen LogP contribution in [0.3, 0.4) is 0 Å². The largest absolute Gasteiger partial charge is 0.326 e. The van der Waals surface area contributed by atoms with E-state index >= 15 is 0 Å². The number of nitrogens with one attached hydrogen (secondary N) is 2. The Hall–Kier alpha value is -1.36. The molecule has 0 saturated carbocycles. The zero-order valence-corrected chi connectivity index (χ0v) is 12.0. The molecule has 0 aliphatic rings. The molecular formula is C9H14N6O2S2. The van der Waals surface area contributed by atoms with Gasteiger partial charge < -0.3 is 5.73 Å². The minimum Gasteiger partial charge on any atom is -0.326 e. The van der Waals surface area contributed by atoms with Crippen LogP contribution >= 0.6 is 11.3 Å². The summed E-state index contributed by atoms with van der Waals surface area (Å²) in [4.78, 5) is 1.77. The van der Waals surface area contributed by atoms with Gasteiger partial charge in [0.1, 0.15) is 0 Å². The Kier molecular flexibility index (Phi) is 3.94. The molecule has 0 amide bonds. The molecule has 2 aromatic heterocycles. The number of nitrogens with two attached hydrogens (primary N) is 1. The van der Waals surface area contributed by atoms with Crippen LogP contribution in [0.15, 0.2) is 11.0 Å². The molecule has 4 N–H and O–H groups in total. The number of H-pyrrole nitrogens is 1. The number of tetrazole rings is 1. The van der Waals surface area contributed by atoms with Crippen molar-refractivity contribution in [1.29, 1.82) is 0 Å². The van der Waals surface area contributed by atoms with Gasteiger partial charge in [0.2, 0.25) is 10.0 Å². The second-order valence-corrected chi connectivity index (χ2v) is 6.97. The van der Waals surface area contributed by atoms with Crippen LogP contribution in [0.1, 0.15) is 28.5 Å². The van der Waals surface area contributed by atoms with E-state index in [1.807, 2.05) is 0 Å². The number of hydrogen-bond acceptors (Lipinski definition) is 7. The molecule has 0 radical (unpaired) electrons. The van der Waals surface area contributed by atoms with E-state index in [1.54, 1.807) is 19.9 Å². The minimum absolute atomic E-state index is 0.244. The number of aromatic nitrogens is 4. The first-order valence-electron chi connectivity index (χ1n) is 5.49. The fourth-order valence-corrected chi connectivity index (χ4v) is 4.31. The van der Waals surface area contributed by atoms with Crippen LogP contribution in [0.4, 0.5) is 0 Å². The second-order valence-electron chi connectivity index (χ2n) is 3.95. The summed E-state index contributed by atoms with van der Waals surface area (Å²) in [5.41, 5.74) is 5.52. The van der Waals surface area contributed by atoms with E-state index in [0.717, 1.165) is 4.88 Å². The fourth-order valence-electron chi connectivity index (χ4n) is 1.59. The molecule has 0 aliphatic heterocycles. The quantitative estimate of drug-likeness (QED) is 0.717. The van der Waals surface area contributed by atoms with Crippen molar-refractivity contribution in [1.82, 2.24) is 25.3 Å². The second kappa shape index (κ2) is 5.33. The first-order chi connectivity index (χ1) is 8.94. The van der Waals surface area contributed by atoms with Crippen LogP contribution in [0.2, 0.25) is 0 Å². The standard InChI is InChI=1S/C9H14N6O2S2/c1-5(9-11-14-15-12-9)13-19(16,17)8-3-7(4-10)18-6(8)2/h3,5,13H,4,10H2,1-2H3,(H,11,12,14,15). The van der Waals surface area contributed by atoms with Gasteiger partial charge in [-0.05, 0) is 19.9 Å². The van der Waals surface area contributed by atoms with E-state index < -0.39 is 16.1 Å². The Bertz CT molecular complexity index is 648. The number of nitrogens with zero attached hydrogens (tertiary/aromatic N) is 3. The van der Waals surface area contributed by atoms with Crippen LogP contribution in [-0.4, -0.2) is 29.0 Å². The Balaban J connectivity index is 2.25. The van der Waals surface area contributed by atoms with Gasteiger partial charge in [-0.25, -0.2) is 13.1 Å². The number of aryl methyl sites for hydroxylation is 1. The molecule has 1 atom stereocenters. The predicted molar refractivity (Wildman–Crippen MR) is 69.9 cm³/mol. The number of thiophene rings is 1. The van der Waals surface area contributed by atoms with Crippen LogP contribution < -0.4 is 10.5 Å². The van der Waals surface area contributed by atoms with Crippen molar-refractivity contribution in [3.8, 4) is 0 Å². The summed E-state index contributed by atoms with van der Waals surface area (Å²) in [5.74, 6) is 0.288. The number of sulfonamides is 1. The summed E-state index contributed by atoms with van der Waals surface area (Å²) in [6.45, 7) is 3.72. The first kappa shape index (κ1) is 14.1. The number of hydrogen-bond donors (Lipinski definition) is 3. The zero-order valence-electron chi connectivity index (χ0n) is 10.4. The highest BCUT2D eigenvalue weighted by molar-refractivity contribution is 7.89. The smallest absolute Gasteiger partial charge is 0.242 e. The molecule has 2 rings (SSSR count). The molecule has 0 spiro atoms. The molecule has 19 heavy (non-hydrogen) atoms. The average molecular weight is 302 g/mol. The van der Waals surface area contributed by atoms with Crippen molar-refractivity contribution in [3.63, 3.8) is 0 Å². The molecule has 0 saturated heterocycles. The van der Waals surface area contributed by atoms with Crippen molar-refractivity contribution >= 4 is 21.4 Å². The van der Waals surface area contributed by atoms with E-state index in [9.17, 15) is 8.42 Å². The van der Waals surface area contributed by atoms with Gasteiger partial charge in [0.15, 0.2) is 5.82 Å². The van der Waals surface area contributed by atoms with Crippen LogP contribution in [0.5, 0.6) is 0 Å². The molecule has 0 bridgehead atoms. The van der Waals surface area contributed by atoms with Gasteiger partial charge in [-0.3, -0.25) is 0 Å². The lowest BCUT2D eigenvalue weighted by atomic mass is 10.4. The highest BCUT2D eigenvalue weighted by Crippen LogP contribution is 2.26. The van der Waals surface area contributed by atoms with E-state index in [-0.39, 0.29) is 10.7 Å². The molecule has 1 unspecified atom stereocenters. The topological polar surface area (TPSA) is 127 Å². The Morgan fingerprint density at radius 2 is 2.32 bits per heavy atom. The molecular weight excluding hydrogens is 288 g/mol. The Morgan fingerprint density at radius 1 is 1.58 bits per heavy atom. The molecule has 0 fully saturated rings. The molecule has 10 heteroatoms. The highest BCUT2D eigenvalue weighted by Gasteiger charge is 2.24. The average Bonchev–Trinajstić information content (AvgIpc) is 2.96. The number of rotatable bonds is 5. The normalized spacial score (nSPS) is 13.6. The van der Waals surface area contributed by atoms with Crippen molar-refractivity contribution in [2.24, 2.45) is 5.73 Å². The molecule has 2 aromatic rings. The van der Waals surface area contributed by atoms with E-state index in [1.165, 1.54) is 11.3 Å². The van der Waals surface area contributed by atoms with Gasteiger partial charge in [0.05, 0.1) is 10.9 Å². The van der Waals surface area contributed by atoms with E-state index in [2.05, 4.69) is 25.3 Å². The van der Waals surface area contributed by atoms with Crippen molar-refractivity contribution in [3.05, 3.63) is 21.6 Å². The lowest BCUT2D eigenvalue weighted by Crippen LogP contribution is -2.27. The van der Waals surface area contributed by atoms with Gasteiger partial charge in [0, 0.05) is 16.3 Å². The minimum atomic E-state index is -3.62. The molecule has 0 aromatic carbocycles. The third-order valence-corrected chi connectivity index (χ3v) is 5.36. The highest BCUT2D eigenvalue weighted by atomic mass is 32.2. The summed E-state index contributed by atoms with van der Waals surface area (Å²) in [6.07, 6.45) is 0. The molecule has 2 heterocycles. The SMILES string of the molecule is Cc1sc(CN)cc1S(=O)(=O)NC(C)c1nn[nH]n1. The van der Waals surface area contributed by atoms with E-state index in [4.69, 9.17) is 5.73 Å². The molecule has 8 nitrogen and oxygen atoms in total. The van der Waals surface area contributed by atoms with Gasteiger partial charge in [-0.2, -0.15) is 5.21 Å².